The Morgan fingerprint density at radius 1 is 1.09 bits per heavy atom. The van der Waals surface area contributed by atoms with Gasteiger partial charge in [0.25, 0.3) is 0 Å². The second-order valence-electron chi connectivity index (χ2n) is 5.59. The summed E-state index contributed by atoms with van der Waals surface area (Å²) in [5.41, 5.74) is 0. The van der Waals surface area contributed by atoms with Gasteiger partial charge in [-0.25, -0.2) is 0 Å². The van der Waals surface area contributed by atoms with E-state index < -0.39 is 74.6 Å². The molecule has 0 bridgehead atoms. The molecule has 2 saturated heterocycles. The van der Waals surface area contributed by atoms with Crippen LogP contribution in [0.4, 0.5) is 0 Å². The number of hydrogen-bond donors (Lipinski definition) is 8. The Hall–Kier alpha value is -0.440. The lowest BCUT2D eigenvalue weighted by atomic mass is 10.0. The van der Waals surface area contributed by atoms with E-state index in [9.17, 15) is 30.6 Å². The van der Waals surface area contributed by atoms with Crippen molar-refractivity contribution >= 4 is 0 Å². The maximum Gasteiger partial charge on any atom is 0.219 e. The van der Waals surface area contributed by atoms with Crippen molar-refractivity contribution in [1.29, 1.82) is 0 Å². The van der Waals surface area contributed by atoms with Crippen LogP contribution in [0.5, 0.6) is 0 Å². The molecule has 2 heterocycles. The van der Waals surface area contributed by atoms with Gasteiger partial charge in [0.1, 0.15) is 42.7 Å². The largest absolute Gasteiger partial charge is 0.394 e. The smallest absolute Gasteiger partial charge is 0.219 e. The number of aliphatic hydroxyl groups excluding tert-OH is 7. The van der Waals surface area contributed by atoms with Gasteiger partial charge in [-0.05, 0) is 0 Å². The van der Waals surface area contributed by atoms with Gasteiger partial charge in [-0.15, -0.1) is 0 Å². The van der Waals surface area contributed by atoms with Gasteiger partial charge in [-0.2, -0.15) is 0 Å². The molecule has 0 aliphatic carbocycles. The highest BCUT2D eigenvalue weighted by molar-refractivity contribution is 4.99. The van der Waals surface area contributed by atoms with Crippen LogP contribution in [0.2, 0.25) is 0 Å². The molecule has 0 aromatic carbocycles. The molecule has 0 saturated carbocycles. The summed E-state index contributed by atoms with van der Waals surface area (Å²) >= 11 is 0. The average molecular weight is 342 g/mol. The quantitative estimate of drug-likeness (QED) is 0.230. The van der Waals surface area contributed by atoms with Crippen molar-refractivity contribution in [2.75, 3.05) is 19.8 Å². The molecule has 0 spiro atoms. The van der Waals surface area contributed by atoms with E-state index in [1.54, 1.807) is 0 Å². The van der Waals surface area contributed by atoms with Crippen molar-refractivity contribution < 1.29 is 55.1 Å². The summed E-state index contributed by atoms with van der Waals surface area (Å²) in [6, 6.07) is 0. The molecule has 11 nitrogen and oxygen atoms in total. The lowest BCUT2D eigenvalue weighted by Crippen LogP contribution is -2.52. The van der Waals surface area contributed by atoms with Gasteiger partial charge < -0.3 is 55.1 Å². The van der Waals surface area contributed by atoms with Crippen LogP contribution < -0.4 is 0 Å². The summed E-state index contributed by atoms with van der Waals surface area (Å²) < 4.78 is 15.1. The van der Waals surface area contributed by atoms with Gasteiger partial charge in [-0.3, -0.25) is 0 Å². The fraction of sp³-hybridized carbons (Fsp3) is 1.00. The second kappa shape index (κ2) is 7.21. The summed E-state index contributed by atoms with van der Waals surface area (Å²) in [5.74, 6) is -2.36. The Balaban J connectivity index is 2.13. The minimum absolute atomic E-state index is 0.665. The molecule has 2 aliphatic rings. The summed E-state index contributed by atoms with van der Waals surface area (Å²) in [7, 11) is 0. The third-order valence-corrected chi connectivity index (χ3v) is 4.02. The molecule has 2 fully saturated rings. The van der Waals surface area contributed by atoms with E-state index >= 15 is 0 Å². The highest BCUT2D eigenvalue weighted by Crippen LogP contribution is 2.35. The Morgan fingerprint density at radius 2 is 1.74 bits per heavy atom. The van der Waals surface area contributed by atoms with Crippen LogP contribution in [-0.4, -0.2) is 115 Å². The molecule has 9 atom stereocenters. The maximum atomic E-state index is 10.1. The van der Waals surface area contributed by atoms with Gasteiger partial charge in [0.05, 0.1) is 19.8 Å². The molecule has 0 aromatic heterocycles. The first-order valence-corrected chi connectivity index (χ1v) is 7.05. The molecular weight excluding hydrogens is 320 g/mol. The van der Waals surface area contributed by atoms with Crippen LogP contribution >= 0.6 is 0 Å². The van der Waals surface area contributed by atoms with Gasteiger partial charge in [0.2, 0.25) is 5.79 Å². The van der Waals surface area contributed by atoms with E-state index in [1.807, 2.05) is 0 Å². The van der Waals surface area contributed by atoms with Crippen molar-refractivity contribution in [3.63, 3.8) is 0 Å². The van der Waals surface area contributed by atoms with Gasteiger partial charge in [0, 0.05) is 0 Å². The molecule has 11 heteroatoms. The maximum absolute atomic E-state index is 10.1. The first kappa shape index (κ1) is 18.9. The van der Waals surface area contributed by atoms with Crippen LogP contribution in [0.1, 0.15) is 0 Å². The lowest BCUT2D eigenvalue weighted by molar-refractivity contribution is -0.275. The van der Waals surface area contributed by atoms with Crippen molar-refractivity contribution in [3.8, 4) is 0 Å². The minimum atomic E-state index is -2.36. The van der Waals surface area contributed by atoms with Crippen LogP contribution in [0.3, 0.4) is 0 Å². The van der Waals surface area contributed by atoms with Crippen molar-refractivity contribution in [2.45, 2.75) is 54.8 Å². The molecule has 8 N–H and O–H groups in total. The minimum Gasteiger partial charge on any atom is -0.394 e. The first-order chi connectivity index (χ1) is 10.8. The highest BCUT2D eigenvalue weighted by atomic mass is 16.7. The Bertz CT molecular complexity index is 395. The normalized spacial score (nSPS) is 48.8. The molecule has 2 rings (SSSR count). The summed E-state index contributed by atoms with van der Waals surface area (Å²) in [6.07, 6.45) is -12.1. The van der Waals surface area contributed by atoms with Crippen LogP contribution in [0.15, 0.2) is 0 Å². The van der Waals surface area contributed by atoms with Crippen LogP contribution in [0, 0.1) is 0 Å². The van der Waals surface area contributed by atoms with Crippen molar-refractivity contribution in [1.82, 2.24) is 0 Å². The number of rotatable bonds is 6. The Labute approximate surface area is 130 Å². The van der Waals surface area contributed by atoms with Gasteiger partial charge >= 0.3 is 0 Å². The van der Waals surface area contributed by atoms with Crippen LogP contribution in [-0.2, 0) is 14.2 Å². The molecule has 23 heavy (non-hydrogen) atoms. The molecule has 0 radical (unpaired) electrons. The SMILES string of the molecule is OC[C@@H](O)[C@H]1O[C@@H](O)[C@@H](O[C@H]2[C@H](O)[C@H](CO)O[C@]2(O)CO)[C@@H]1O. The predicted octanol–water partition coefficient (Wildman–Crippen LogP) is -5.40. The van der Waals surface area contributed by atoms with E-state index in [1.165, 1.54) is 0 Å². The van der Waals surface area contributed by atoms with Crippen molar-refractivity contribution in [3.05, 3.63) is 0 Å². The van der Waals surface area contributed by atoms with Crippen molar-refractivity contribution in [2.24, 2.45) is 0 Å². The summed E-state index contributed by atoms with van der Waals surface area (Å²) in [5, 5.41) is 76.6. The van der Waals surface area contributed by atoms with E-state index in [0.717, 1.165) is 0 Å². The lowest BCUT2D eigenvalue weighted by Gasteiger charge is -2.31. The molecule has 0 amide bonds. The molecular formula is C12H22O11. The molecule has 136 valence electrons. The number of ether oxygens (including phenoxy) is 3. The van der Waals surface area contributed by atoms with E-state index in [4.69, 9.17) is 24.4 Å². The fourth-order valence-electron chi connectivity index (χ4n) is 2.73. The van der Waals surface area contributed by atoms with E-state index in [-0.39, 0.29) is 0 Å². The highest BCUT2D eigenvalue weighted by Gasteiger charge is 2.58. The zero-order valence-corrected chi connectivity index (χ0v) is 12.0. The summed E-state index contributed by atoms with van der Waals surface area (Å²) in [6.45, 7) is -2.38. The Kier molecular flexibility index (Phi) is 5.92. The standard InChI is InChI=1S/C12H22O11/c13-1-4(16)8-7(18)9(11(19)22-8)21-10-6(17)5(2-14)23-12(10,20)3-15/h4-11,13-20H,1-3H2/t4-,5+,6-,7-,8-,9+,10+,11-,12-/m1/s1. The molecule has 0 aromatic rings. The van der Waals surface area contributed by atoms with E-state index in [2.05, 4.69) is 0 Å². The summed E-state index contributed by atoms with van der Waals surface area (Å²) in [4.78, 5) is 0. The third-order valence-electron chi connectivity index (χ3n) is 4.02. The van der Waals surface area contributed by atoms with Crippen LogP contribution in [0.25, 0.3) is 0 Å². The number of aliphatic hydroxyl groups is 8. The second-order valence-corrected chi connectivity index (χ2v) is 5.59. The fourth-order valence-corrected chi connectivity index (χ4v) is 2.73. The molecule has 0 unspecified atom stereocenters. The topological polar surface area (TPSA) is 190 Å². The van der Waals surface area contributed by atoms with E-state index in [0.29, 0.717) is 0 Å². The Morgan fingerprint density at radius 3 is 2.26 bits per heavy atom. The van der Waals surface area contributed by atoms with Gasteiger partial charge in [0.15, 0.2) is 6.29 Å². The zero-order chi connectivity index (χ0) is 17.4. The first-order valence-electron chi connectivity index (χ1n) is 7.05. The molecule has 2 aliphatic heterocycles. The average Bonchev–Trinajstić information content (AvgIpc) is 2.96. The number of hydrogen-bond acceptors (Lipinski definition) is 11. The third kappa shape index (κ3) is 3.36. The predicted molar refractivity (Wildman–Crippen MR) is 68.6 cm³/mol. The van der Waals surface area contributed by atoms with Gasteiger partial charge in [-0.1, -0.05) is 0 Å². The zero-order valence-electron chi connectivity index (χ0n) is 12.0. The monoisotopic (exact) mass is 342 g/mol.